The number of primary amides is 1. The molecule has 5 nitrogen and oxygen atoms in total. The van der Waals surface area contributed by atoms with E-state index in [1.807, 2.05) is 24.3 Å². The number of nitriles is 1. The first kappa shape index (κ1) is 18.9. The Hall–Kier alpha value is -2.84. The molecule has 0 aliphatic heterocycles. The molecule has 2 aromatic rings. The monoisotopic (exact) mass is 363 g/mol. The average molecular weight is 363 g/mol. The van der Waals surface area contributed by atoms with Gasteiger partial charge < -0.3 is 15.8 Å². The van der Waals surface area contributed by atoms with Gasteiger partial charge in [0.2, 0.25) is 5.91 Å². The summed E-state index contributed by atoms with van der Waals surface area (Å²) in [6.07, 6.45) is 4.35. The molecule has 0 aromatic heterocycles. The molecule has 0 fully saturated rings. The Morgan fingerprint density at radius 2 is 2.04 bits per heavy atom. The normalized spacial score (nSPS) is 14.1. The molecule has 1 amide bonds. The van der Waals surface area contributed by atoms with E-state index >= 15 is 0 Å². The zero-order valence-corrected chi connectivity index (χ0v) is 15.6. The van der Waals surface area contributed by atoms with Crippen molar-refractivity contribution in [2.24, 2.45) is 5.73 Å². The summed E-state index contributed by atoms with van der Waals surface area (Å²) < 4.78 is 6.10. The van der Waals surface area contributed by atoms with Crippen molar-refractivity contribution in [3.63, 3.8) is 0 Å². The summed E-state index contributed by atoms with van der Waals surface area (Å²) in [5.74, 6) is 0.571. The molecule has 0 bridgehead atoms. The summed E-state index contributed by atoms with van der Waals surface area (Å²) in [6, 6.07) is 13.4. The molecule has 0 saturated carbocycles. The van der Waals surface area contributed by atoms with E-state index in [1.165, 1.54) is 23.1 Å². The maximum Gasteiger partial charge on any atom is 0.234 e. The molecule has 0 saturated heterocycles. The van der Waals surface area contributed by atoms with Crippen LogP contribution in [0.5, 0.6) is 5.75 Å². The lowest BCUT2D eigenvalue weighted by Crippen LogP contribution is -2.38. The predicted octanol–water partition coefficient (Wildman–Crippen LogP) is 2.98. The van der Waals surface area contributed by atoms with Gasteiger partial charge >= 0.3 is 0 Å². The number of nitrogens with zero attached hydrogens (tertiary/aromatic N) is 1. The molecule has 140 valence electrons. The molecular formula is C22H25N3O2. The molecule has 0 unspecified atom stereocenters. The van der Waals surface area contributed by atoms with Crippen LogP contribution in [0.15, 0.2) is 36.4 Å². The molecular weight excluding hydrogens is 338 g/mol. The second-order valence-electron chi connectivity index (χ2n) is 6.99. The van der Waals surface area contributed by atoms with Crippen molar-refractivity contribution in [2.45, 2.75) is 51.8 Å². The zero-order chi connectivity index (χ0) is 19.2. The van der Waals surface area contributed by atoms with Gasteiger partial charge in [-0.15, -0.1) is 0 Å². The topological polar surface area (TPSA) is 88.1 Å². The lowest BCUT2D eigenvalue weighted by Gasteiger charge is -2.23. The van der Waals surface area contributed by atoms with Gasteiger partial charge in [-0.1, -0.05) is 18.2 Å². The van der Waals surface area contributed by atoms with Crippen LogP contribution in [-0.4, -0.2) is 11.9 Å². The Morgan fingerprint density at radius 1 is 1.26 bits per heavy atom. The van der Waals surface area contributed by atoms with Gasteiger partial charge in [0.05, 0.1) is 17.7 Å². The van der Waals surface area contributed by atoms with E-state index in [0.717, 1.165) is 30.6 Å². The molecule has 27 heavy (non-hydrogen) atoms. The van der Waals surface area contributed by atoms with Crippen molar-refractivity contribution < 1.29 is 9.53 Å². The fourth-order valence-corrected chi connectivity index (χ4v) is 3.47. The molecule has 0 heterocycles. The van der Waals surface area contributed by atoms with Gasteiger partial charge in [0.1, 0.15) is 12.4 Å². The first-order chi connectivity index (χ1) is 13.1. The minimum absolute atomic E-state index is 0.344. The molecule has 1 atom stereocenters. The second-order valence-corrected chi connectivity index (χ2v) is 6.99. The largest absolute Gasteiger partial charge is 0.489 e. The summed E-state index contributed by atoms with van der Waals surface area (Å²) in [5.41, 5.74) is 10.8. The highest BCUT2D eigenvalue weighted by Gasteiger charge is 2.19. The number of hydrogen-bond acceptors (Lipinski definition) is 4. The van der Waals surface area contributed by atoms with E-state index in [1.54, 1.807) is 13.0 Å². The van der Waals surface area contributed by atoms with Gasteiger partial charge in [-0.2, -0.15) is 5.26 Å². The van der Waals surface area contributed by atoms with E-state index in [4.69, 9.17) is 15.7 Å². The zero-order valence-electron chi connectivity index (χ0n) is 15.6. The standard InChI is InChI=1S/C22H25N3O2/c1-15(22(24)26)25-13-18-9-10-21(20-8-3-2-7-19(18)20)27-14-17-6-4-5-16(11-17)12-23/h4-6,9-11,15,25H,2-3,7-8,13-14H2,1H3,(H2,24,26)/t15-/m0/s1. The number of hydrogen-bond donors (Lipinski definition) is 2. The van der Waals surface area contributed by atoms with Gasteiger partial charge in [0.15, 0.2) is 0 Å². The third-order valence-electron chi connectivity index (χ3n) is 5.06. The van der Waals surface area contributed by atoms with E-state index in [0.29, 0.717) is 18.7 Å². The van der Waals surface area contributed by atoms with E-state index in [2.05, 4.69) is 17.5 Å². The predicted molar refractivity (Wildman–Crippen MR) is 104 cm³/mol. The minimum Gasteiger partial charge on any atom is -0.489 e. The lowest BCUT2D eigenvalue weighted by molar-refractivity contribution is -0.119. The molecule has 1 aliphatic carbocycles. The molecule has 2 aromatic carbocycles. The Bertz CT molecular complexity index is 870. The number of fused-ring (bicyclic) bond motifs is 1. The van der Waals surface area contributed by atoms with E-state index in [9.17, 15) is 4.79 Å². The van der Waals surface area contributed by atoms with Gasteiger partial charge in [-0.3, -0.25) is 4.79 Å². The number of nitrogens with one attached hydrogen (secondary N) is 1. The van der Waals surface area contributed by atoms with Crippen LogP contribution < -0.4 is 15.8 Å². The van der Waals surface area contributed by atoms with Gasteiger partial charge in [0, 0.05) is 6.54 Å². The first-order valence-electron chi connectivity index (χ1n) is 9.36. The highest BCUT2D eigenvalue weighted by Crippen LogP contribution is 2.33. The maximum absolute atomic E-state index is 11.2. The van der Waals surface area contributed by atoms with Crippen LogP contribution in [0.25, 0.3) is 0 Å². The summed E-state index contributed by atoms with van der Waals surface area (Å²) in [4.78, 5) is 11.2. The van der Waals surface area contributed by atoms with Crippen molar-refractivity contribution >= 4 is 5.91 Å². The number of ether oxygens (including phenoxy) is 1. The van der Waals surface area contributed by atoms with Crippen molar-refractivity contribution in [3.8, 4) is 11.8 Å². The molecule has 3 rings (SSSR count). The van der Waals surface area contributed by atoms with E-state index in [-0.39, 0.29) is 11.9 Å². The van der Waals surface area contributed by atoms with E-state index < -0.39 is 0 Å². The molecule has 0 radical (unpaired) electrons. The van der Waals surface area contributed by atoms with Crippen molar-refractivity contribution in [1.29, 1.82) is 5.26 Å². The molecule has 1 aliphatic rings. The number of amides is 1. The summed E-state index contributed by atoms with van der Waals surface area (Å²) in [6.45, 7) is 2.84. The second kappa shape index (κ2) is 8.70. The Kier molecular flexibility index (Phi) is 6.10. The third kappa shape index (κ3) is 4.66. The van der Waals surface area contributed by atoms with Gasteiger partial charge in [-0.25, -0.2) is 0 Å². The van der Waals surface area contributed by atoms with Crippen LogP contribution in [0.3, 0.4) is 0 Å². The minimum atomic E-state index is -0.354. The highest BCUT2D eigenvalue weighted by atomic mass is 16.5. The van der Waals surface area contributed by atoms with Gasteiger partial charge in [-0.05, 0) is 73.1 Å². The lowest BCUT2D eigenvalue weighted by atomic mass is 9.87. The molecule has 5 heteroatoms. The van der Waals surface area contributed by atoms with Crippen LogP contribution in [0.2, 0.25) is 0 Å². The van der Waals surface area contributed by atoms with Gasteiger partial charge in [0.25, 0.3) is 0 Å². The first-order valence-corrected chi connectivity index (χ1v) is 9.36. The Morgan fingerprint density at radius 3 is 2.78 bits per heavy atom. The summed E-state index contributed by atoms with van der Waals surface area (Å²) in [7, 11) is 0. The van der Waals surface area contributed by atoms with Crippen LogP contribution in [-0.2, 0) is 30.8 Å². The Balaban J connectivity index is 1.76. The molecule has 3 N–H and O–H groups in total. The number of carbonyl (C=O) groups is 1. The third-order valence-corrected chi connectivity index (χ3v) is 5.06. The molecule has 0 spiro atoms. The van der Waals surface area contributed by atoms with Crippen LogP contribution in [0.1, 0.15) is 47.6 Å². The van der Waals surface area contributed by atoms with Crippen LogP contribution in [0, 0.1) is 11.3 Å². The highest BCUT2D eigenvalue weighted by molar-refractivity contribution is 5.79. The smallest absolute Gasteiger partial charge is 0.234 e. The summed E-state index contributed by atoms with van der Waals surface area (Å²) in [5, 5.41) is 12.2. The van der Waals surface area contributed by atoms with Crippen molar-refractivity contribution in [1.82, 2.24) is 5.32 Å². The Labute approximate surface area is 160 Å². The maximum atomic E-state index is 11.2. The van der Waals surface area contributed by atoms with Crippen LogP contribution in [0.4, 0.5) is 0 Å². The van der Waals surface area contributed by atoms with Crippen molar-refractivity contribution in [3.05, 3.63) is 64.2 Å². The quantitative estimate of drug-likeness (QED) is 0.791. The fourth-order valence-electron chi connectivity index (χ4n) is 3.47. The number of carbonyl (C=O) groups excluding carboxylic acids is 1. The number of nitrogens with two attached hydrogens (primary N) is 1. The average Bonchev–Trinajstić information content (AvgIpc) is 2.70. The summed E-state index contributed by atoms with van der Waals surface area (Å²) >= 11 is 0. The van der Waals surface area contributed by atoms with Crippen molar-refractivity contribution in [2.75, 3.05) is 0 Å². The number of benzene rings is 2. The fraction of sp³-hybridized carbons (Fsp3) is 0.364. The SMILES string of the molecule is C[C@H](NCc1ccc(OCc2cccc(C#N)c2)c2c1CCCC2)C(N)=O. The number of rotatable bonds is 7. The van der Waals surface area contributed by atoms with Crippen LogP contribution >= 0.6 is 0 Å².